The molecule has 0 aliphatic rings. The van der Waals surface area contributed by atoms with Gasteiger partial charge in [0.05, 0.1) is 10.0 Å². The Morgan fingerprint density at radius 3 is 1.42 bits per heavy atom. The second-order valence-corrected chi connectivity index (χ2v) is 5.85. The van der Waals surface area contributed by atoms with E-state index in [1.54, 1.807) is 24.3 Å². The average molecular weight is 408 g/mol. The van der Waals surface area contributed by atoms with E-state index in [0.717, 1.165) is 0 Å². The van der Waals surface area contributed by atoms with Crippen LogP contribution in [0.15, 0.2) is 36.4 Å². The smallest absolute Gasteiger partial charge is 0.326 e. The van der Waals surface area contributed by atoms with Gasteiger partial charge in [-0.25, -0.2) is 0 Å². The lowest BCUT2D eigenvalue weighted by Gasteiger charge is -2.10. The third kappa shape index (κ3) is 4.77. The summed E-state index contributed by atoms with van der Waals surface area (Å²) in [5, 5.41) is 0.671. The van der Waals surface area contributed by atoms with Crippen LogP contribution < -0.4 is 9.47 Å². The Morgan fingerprint density at radius 1 is 0.750 bits per heavy atom. The Kier molecular flexibility index (Phi) is 6.75. The number of rotatable bonds is 5. The van der Waals surface area contributed by atoms with Crippen molar-refractivity contribution in [1.29, 1.82) is 0 Å². The Balaban J connectivity index is 2.28. The van der Waals surface area contributed by atoms with Crippen LogP contribution in [0.2, 0.25) is 10.0 Å². The average Bonchev–Trinajstić information content (AvgIpc) is 2.55. The van der Waals surface area contributed by atoms with E-state index in [0.29, 0.717) is 21.2 Å². The van der Waals surface area contributed by atoms with Gasteiger partial charge >= 0.3 is 11.9 Å². The van der Waals surface area contributed by atoms with Gasteiger partial charge in [-0.15, -0.1) is 23.2 Å². The second kappa shape index (κ2) is 8.58. The van der Waals surface area contributed by atoms with Gasteiger partial charge in [0.2, 0.25) is 0 Å². The minimum absolute atomic E-state index is 0.256. The molecule has 0 bridgehead atoms. The van der Waals surface area contributed by atoms with E-state index in [2.05, 4.69) is 0 Å². The van der Waals surface area contributed by atoms with Crippen molar-refractivity contribution in [3.8, 4) is 22.6 Å². The van der Waals surface area contributed by atoms with Gasteiger partial charge in [0, 0.05) is 23.3 Å². The Morgan fingerprint density at radius 2 is 1.12 bits per heavy atom. The van der Waals surface area contributed by atoms with Gasteiger partial charge in [0.15, 0.2) is 0 Å². The van der Waals surface area contributed by atoms with E-state index < -0.39 is 11.9 Å². The first kappa shape index (κ1) is 18.9. The molecular weight excluding hydrogens is 398 g/mol. The summed E-state index contributed by atoms with van der Waals surface area (Å²) in [6, 6.07) is 9.43. The molecule has 8 heteroatoms. The van der Waals surface area contributed by atoms with Crippen molar-refractivity contribution in [3.05, 3.63) is 46.4 Å². The number of hydrogen-bond donors (Lipinski definition) is 0. The molecule has 2 rings (SSSR count). The molecule has 2 aromatic rings. The summed E-state index contributed by atoms with van der Waals surface area (Å²) in [6.07, 6.45) is 0. The standard InChI is InChI=1S/C16H10Cl4O4/c17-7-15(21)23-9-1-3-11(13(19)5-9)12-4-2-10(6-14(12)20)24-16(22)8-18/h1-6H,7-8H2. The molecule has 0 spiro atoms. The van der Waals surface area contributed by atoms with E-state index in [-0.39, 0.29) is 23.3 Å². The molecule has 0 heterocycles. The van der Waals surface area contributed by atoms with E-state index in [9.17, 15) is 9.59 Å². The third-order valence-corrected chi connectivity index (χ3v) is 3.91. The highest BCUT2D eigenvalue weighted by molar-refractivity contribution is 6.36. The third-order valence-electron chi connectivity index (χ3n) is 2.85. The normalized spacial score (nSPS) is 10.3. The highest BCUT2D eigenvalue weighted by Crippen LogP contribution is 2.37. The summed E-state index contributed by atoms with van der Waals surface area (Å²) in [4.78, 5) is 22.4. The highest BCUT2D eigenvalue weighted by atomic mass is 35.5. The lowest BCUT2D eigenvalue weighted by Crippen LogP contribution is -2.09. The molecule has 0 aromatic heterocycles. The van der Waals surface area contributed by atoms with Crippen LogP contribution in [0.1, 0.15) is 0 Å². The maximum absolute atomic E-state index is 11.2. The van der Waals surface area contributed by atoms with Crippen molar-refractivity contribution in [2.75, 3.05) is 11.8 Å². The lowest BCUT2D eigenvalue weighted by atomic mass is 10.1. The topological polar surface area (TPSA) is 52.6 Å². The molecule has 2 aromatic carbocycles. The molecule has 0 saturated heterocycles. The fourth-order valence-electron chi connectivity index (χ4n) is 1.87. The zero-order chi connectivity index (χ0) is 17.7. The van der Waals surface area contributed by atoms with Gasteiger partial charge in [-0.2, -0.15) is 0 Å². The number of esters is 2. The van der Waals surface area contributed by atoms with Gasteiger partial charge in [-0.1, -0.05) is 23.2 Å². The molecule has 0 saturated carbocycles. The van der Waals surface area contributed by atoms with Crippen molar-refractivity contribution in [1.82, 2.24) is 0 Å². The first-order chi connectivity index (χ1) is 11.4. The van der Waals surface area contributed by atoms with Crippen LogP contribution in [-0.4, -0.2) is 23.7 Å². The summed E-state index contributed by atoms with van der Waals surface area (Å²) >= 11 is 23.2. The quantitative estimate of drug-likeness (QED) is 0.399. The van der Waals surface area contributed by atoms with Crippen LogP contribution in [-0.2, 0) is 9.59 Å². The number of benzene rings is 2. The molecule has 0 unspecified atom stereocenters. The molecule has 0 amide bonds. The zero-order valence-corrected chi connectivity index (χ0v) is 15.0. The fraction of sp³-hybridized carbons (Fsp3) is 0.125. The predicted octanol–water partition coefficient (Wildman–Crippen LogP) is 4.95. The summed E-state index contributed by atoms with van der Waals surface area (Å²) in [5.74, 6) is -1.12. The van der Waals surface area contributed by atoms with Crippen LogP contribution in [0, 0.1) is 0 Å². The SMILES string of the molecule is O=C(CCl)Oc1ccc(-c2ccc(OC(=O)CCl)cc2Cl)c(Cl)c1. The van der Waals surface area contributed by atoms with Crippen molar-refractivity contribution in [2.45, 2.75) is 0 Å². The molecule has 126 valence electrons. The molecule has 0 atom stereocenters. The van der Waals surface area contributed by atoms with Gasteiger partial charge < -0.3 is 9.47 Å². The number of halogens is 4. The first-order valence-electron chi connectivity index (χ1n) is 6.57. The molecule has 0 fully saturated rings. The summed E-state index contributed by atoms with van der Waals surface area (Å²) in [6.45, 7) is 0. The van der Waals surface area contributed by atoms with Crippen molar-refractivity contribution in [3.63, 3.8) is 0 Å². The number of alkyl halides is 2. The number of carbonyl (C=O) groups excluding carboxylic acids is 2. The van der Waals surface area contributed by atoms with Gasteiger partial charge in [-0.05, 0) is 24.3 Å². The van der Waals surface area contributed by atoms with E-state index in [4.69, 9.17) is 55.9 Å². The van der Waals surface area contributed by atoms with Crippen LogP contribution in [0.4, 0.5) is 0 Å². The molecule has 0 aliphatic carbocycles. The molecule has 24 heavy (non-hydrogen) atoms. The summed E-state index contributed by atoms with van der Waals surface area (Å²) < 4.78 is 9.96. The molecule has 0 N–H and O–H groups in total. The Bertz CT molecular complexity index is 711. The van der Waals surface area contributed by atoms with E-state index >= 15 is 0 Å². The minimum atomic E-state index is -0.580. The molecule has 0 radical (unpaired) electrons. The van der Waals surface area contributed by atoms with Gasteiger partial charge in [0.1, 0.15) is 23.3 Å². The lowest BCUT2D eigenvalue weighted by molar-refractivity contribution is -0.132. The van der Waals surface area contributed by atoms with Crippen LogP contribution in [0.3, 0.4) is 0 Å². The highest BCUT2D eigenvalue weighted by Gasteiger charge is 2.12. The van der Waals surface area contributed by atoms with Crippen molar-refractivity contribution >= 4 is 58.3 Å². The molecule has 4 nitrogen and oxygen atoms in total. The Hall–Kier alpha value is -1.46. The predicted molar refractivity (Wildman–Crippen MR) is 94.6 cm³/mol. The Labute approximate surface area is 158 Å². The van der Waals surface area contributed by atoms with Crippen LogP contribution in [0.5, 0.6) is 11.5 Å². The maximum Gasteiger partial charge on any atom is 0.326 e. The fourth-order valence-corrected chi connectivity index (χ4v) is 2.53. The van der Waals surface area contributed by atoms with Crippen LogP contribution in [0.25, 0.3) is 11.1 Å². The van der Waals surface area contributed by atoms with Gasteiger partial charge in [-0.3, -0.25) is 9.59 Å². The van der Waals surface area contributed by atoms with E-state index in [1.165, 1.54) is 12.1 Å². The molecular formula is C16H10Cl4O4. The maximum atomic E-state index is 11.2. The zero-order valence-electron chi connectivity index (χ0n) is 12.0. The van der Waals surface area contributed by atoms with Crippen molar-refractivity contribution < 1.29 is 19.1 Å². The first-order valence-corrected chi connectivity index (χ1v) is 8.40. The molecule has 0 aliphatic heterocycles. The van der Waals surface area contributed by atoms with Crippen molar-refractivity contribution in [2.24, 2.45) is 0 Å². The van der Waals surface area contributed by atoms with E-state index in [1.807, 2.05) is 0 Å². The van der Waals surface area contributed by atoms with Gasteiger partial charge in [0.25, 0.3) is 0 Å². The number of hydrogen-bond acceptors (Lipinski definition) is 4. The monoisotopic (exact) mass is 406 g/mol. The number of ether oxygens (including phenoxy) is 2. The minimum Gasteiger partial charge on any atom is -0.426 e. The summed E-state index contributed by atoms with van der Waals surface area (Å²) in [7, 11) is 0. The largest absolute Gasteiger partial charge is 0.426 e. The summed E-state index contributed by atoms with van der Waals surface area (Å²) in [5.41, 5.74) is 1.25. The second-order valence-electron chi connectivity index (χ2n) is 4.50. The van der Waals surface area contributed by atoms with Crippen LogP contribution >= 0.6 is 46.4 Å². The number of carbonyl (C=O) groups is 2.